The fourth-order valence-corrected chi connectivity index (χ4v) is 7.94. The highest BCUT2D eigenvalue weighted by Crippen LogP contribution is 2.48. The first-order chi connectivity index (χ1) is 22.8. The molecule has 4 nitrogen and oxygen atoms in total. The summed E-state index contributed by atoms with van der Waals surface area (Å²) in [7, 11) is 0. The Balaban J connectivity index is 1.41. The molecule has 0 unspecified atom stereocenters. The fourth-order valence-electron chi connectivity index (χ4n) is 7.94. The molecule has 0 fully saturated rings. The van der Waals surface area contributed by atoms with Gasteiger partial charge in [-0.3, -0.25) is 4.57 Å². The summed E-state index contributed by atoms with van der Waals surface area (Å²) in [6, 6.07) is 52.0. The van der Waals surface area contributed by atoms with Crippen molar-refractivity contribution in [2.75, 3.05) is 0 Å². The van der Waals surface area contributed by atoms with Crippen LogP contribution in [0.3, 0.4) is 0 Å². The molecule has 4 aromatic heterocycles. The fraction of sp³-hybridized carbons (Fsp3) is 0. The van der Waals surface area contributed by atoms with E-state index < -0.39 is 0 Å². The van der Waals surface area contributed by atoms with E-state index in [9.17, 15) is 0 Å². The van der Waals surface area contributed by atoms with Crippen LogP contribution in [0.2, 0.25) is 0 Å². The van der Waals surface area contributed by atoms with Crippen molar-refractivity contribution in [3.05, 3.63) is 146 Å². The summed E-state index contributed by atoms with van der Waals surface area (Å²) >= 11 is 0. The Hall–Kier alpha value is -6.26. The lowest BCUT2D eigenvalue weighted by molar-refractivity contribution is 1.08. The van der Waals surface area contributed by atoms with Crippen LogP contribution >= 0.6 is 0 Å². The van der Waals surface area contributed by atoms with Crippen molar-refractivity contribution in [3.63, 3.8) is 0 Å². The van der Waals surface area contributed by atoms with Crippen LogP contribution in [0.5, 0.6) is 0 Å². The number of hydrogen-bond donors (Lipinski definition) is 0. The van der Waals surface area contributed by atoms with Gasteiger partial charge in [0.05, 0.1) is 33.1 Å². The van der Waals surface area contributed by atoms with Gasteiger partial charge < -0.3 is 4.40 Å². The molecule has 0 N–H and O–H groups in total. The second-order valence-electron chi connectivity index (χ2n) is 12.2. The minimum absolute atomic E-state index is 0.722. The predicted octanol–water partition coefficient (Wildman–Crippen LogP) is 10.7. The molecular formula is C42H24N4. The maximum absolute atomic E-state index is 5.34. The Bertz CT molecular complexity index is 3020. The van der Waals surface area contributed by atoms with Gasteiger partial charge in [0, 0.05) is 48.7 Å². The van der Waals surface area contributed by atoms with Gasteiger partial charge in [0.1, 0.15) is 5.82 Å². The van der Waals surface area contributed by atoms with Crippen molar-refractivity contribution < 1.29 is 0 Å². The molecule has 0 spiro atoms. The van der Waals surface area contributed by atoms with Crippen molar-refractivity contribution in [2.45, 2.75) is 0 Å². The number of para-hydroxylation sites is 3. The van der Waals surface area contributed by atoms with Gasteiger partial charge in [0.25, 0.3) is 0 Å². The second-order valence-corrected chi connectivity index (χ2v) is 12.2. The molecule has 0 bridgehead atoms. The maximum Gasteiger partial charge on any atom is 0.162 e. The van der Waals surface area contributed by atoms with Gasteiger partial charge in [0.2, 0.25) is 0 Å². The molecule has 7 aromatic carbocycles. The van der Waals surface area contributed by atoms with Crippen LogP contribution in [0.1, 0.15) is 0 Å². The first-order valence-corrected chi connectivity index (χ1v) is 15.7. The third-order valence-electron chi connectivity index (χ3n) is 9.81. The van der Waals surface area contributed by atoms with Crippen molar-refractivity contribution in [3.8, 4) is 17.2 Å². The van der Waals surface area contributed by atoms with Crippen LogP contribution in [0, 0.1) is 0 Å². The second kappa shape index (κ2) is 8.68. The van der Waals surface area contributed by atoms with Crippen molar-refractivity contribution >= 4 is 81.6 Å². The SMILES string of the molecule is c1ccc(-c2nc(-n3c4ccccc4c4c5c6ccc7ccccc7c6n6c7ccccc7c(cc43)c56)c3ccccc3n2)cc1. The number of benzene rings is 7. The third-order valence-corrected chi connectivity index (χ3v) is 9.81. The molecule has 11 rings (SSSR count). The summed E-state index contributed by atoms with van der Waals surface area (Å²) < 4.78 is 4.89. The van der Waals surface area contributed by atoms with E-state index in [4.69, 9.17) is 9.97 Å². The van der Waals surface area contributed by atoms with Crippen LogP contribution in [0.4, 0.5) is 0 Å². The van der Waals surface area contributed by atoms with Crippen molar-refractivity contribution in [1.82, 2.24) is 18.9 Å². The Morgan fingerprint density at radius 3 is 1.98 bits per heavy atom. The van der Waals surface area contributed by atoms with Gasteiger partial charge in [-0.1, -0.05) is 115 Å². The molecule has 212 valence electrons. The van der Waals surface area contributed by atoms with E-state index in [0.717, 1.165) is 39.1 Å². The lowest BCUT2D eigenvalue weighted by Crippen LogP contribution is -2.02. The average Bonchev–Trinajstić information content (AvgIpc) is 3.76. The van der Waals surface area contributed by atoms with Crippen LogP contribution in [0.15, 0.2) is 146 Å². The Morgan fingerprint density at radius 1 is 0.413 bits per heavy atom. The predicted molar refractivity (Wildman–Crippen MR) is 191 cm³/mol. The number of hydrogen-bond acceptors (Lipinski definition) is 2. The van der Waals surface area contributed by atoms with Crippen LogP contribution < -0.4 is 0 Å². The molecule has 4 heteroatoms. The maximum atomic E-state index is 5.34. The highest BCUT2D eigenvalue weighted by molar-refractivity contribution is 6.37. The average molecular weight is 585 g/mol. The third kappa shape index (κ3) is 2.98. The van der Waals surface area contributed by atoms with Crippen molar-refractivity contribution in [2.24, 2.45) is 0 Å². The lowest BCUT2D eigenvalue weighted by atomic mass is 10.00. The quantitative estimate of drug-likeness (QED) is 0.203. The summed E-state index contributed by atoms with van der Waals surface area (Å²) in [5, 5.41) is 11.1. The van der Waals surface area contributed by atoms with E-state index in [1.807, 2.05) is 18.2 Å². The van der Waals surface area contributed by atoms with Gasteiger partial charge in [-0.15, -0.1) is 0 Å². The van der Waals surface area contributed by atoms with Gasteiger partial charge in [0.15, 0.2) is 5.82 Å². The normalized spacial score (nSPS) is 12.3. The number of nitrogens with zero attached hydrogens (tertiary/aromatic N) is 4. The van der Waals surface area contributed by atoms with Gasteiger partial charge in [-0.2, -0.15) is 0 Å². The molecule has 0 amide bonds. The molecule has 0 aliphatic carbocycles. The monoisotopic (exact) mass is 584 g/mol. The van der Waals surface area contributed by atoms with E-state index in [0.29, 0.717) is 0 Å². The zero-order valence-electron chi connectivity index (χ0n) is 24.6. The summed E-state index contributed by atoms with van der Waals surface area (Å²) in [5.41, 5.74) is 7.99. The van der Waals surface area contributed by atoms with Gasteiger partial charge in [-0.05, 0) is 35.7 Å². The minimum atomic E-state index is 0.722. The topological polar surface area (TPSA) is 35.1 Å². The zero-order valence-corrected chi connectivity index (χ0v) is 24.6. The summed E-state index contributed by atoms with van der Waals surface area (Å²) in [6.07, 6.45) is 0. The molecule has 0 aliphatic heterocycles. The lowest BCUT2D eigenvalue weighted by Gasteiger charge is -2.13. The first kappa shape index (κ1) is 24.1. The number of aromatic nitrogens is 4. The minimum Gasteiger partial charge on any atom is -0.307 e. The van der Waals surface area contributed by atoms with E-state index in [1.54, 1.807) is 0 Å². The molecule has 0 atom stereocenters. The molecular weight excluding hydrogens is 560 g/mol. The van der Waals surface area contributed by atoms with E-state index in [-0.39, 0.29) is 0 Å². The summed E-state index contributed by atoms with van der Waals surface area (Å²) in [6.45, 7) is 0. The summed E-state index contributed by atoms with van der Waals surface area (Å²) in [4.78, 5) is 10.4. The molecule has 4 heterocycles. The molecule has 46 heavy (non-hydrogen) atoms. The highest BCUT2D eigenvalue weighted by atomic mass is 15.1. The Kier molecular flexibility index (Phi) is 4.55. The zero-order chi connectivity index (χ0) is 29.9. The smallest absolute Gasteiger partial charge is 0.162 e. The molecule has 0 radical (unpaired) electrons. The van der Waals surface area contributed by atoms with E-state index in [2.05, 4.69) is 136 Å². The highest BCUT2D eigenvalue weighted by Gasteiger charge is 2.26. The molecule has 0 aliphatic rings. The number of rotatable bonds is 2. The summed E-state index contributed by atoms with van der Waals surface area (Å²) in [5.74, 6) is 1.61. The van der Waals surface area contributed by atoms with E-state index >= 15 is 0 Å². The number of fused-ring (bicyclic) bond motifs is 13. The van der Waals surface area contributed by atoms with Crippen LogP contribution in [0.25, 0.3) is 98.8 Å². The van der Waals surface area contributed by atoms with Gasteiger partial charge in [-0.25, -0.2) is 9.97 Å². The van der Waals surface area contributed by atoms with Crippen molar-refractivity contribution in [1.29, 1.82) is 0 Å². The molecule has 0 saturated heterocycles. The largest absolute Gasteiger partial charge is 0.307 e. The Morgan fingerprint density at radius 2 is 1.11 bits per heavy atom. The Labute approximate surface area is 262 Å². The van der Waals surface area contributed by atoms with Gasteiger partial charge >= 0.3 is 0 Å². The van der Waals surface area contributed by atoms with Crippen LogP contribution in [-0.2, 0) is 0 Å². The molecule has 0 saturated carbocycles. The standard InChI is InChI=1S/C42H24N4/c1-2-13-26(14-3-1)41-43-33-19-9-6-17-29(33)42(44-41)45-35-21-11-8-18-30(35)37-36(45)24-32-28-16-7-10-20-34(28)46-39-27-15-5-4-12-25(27)22-23-31(39)38(37)40(32)46/h1-24H. The molecule has 11 aromatic rings. The van der Waals surface area contributed by atoms with Crippen LogP contribution in [-0.4, -0.2) is 18.9 Å². The van der Waals surface area contributed by atoms with E-state index in [1.165, 1.54) is 59.6 Å². The first-order valence-electron chi connectivity index (χ1n) is 15.7.